The van der Waals surface area contributed by atoms with Crippen LogP contribution in [0.1, 0.15) is 28.9 Å². The van der Waals surface area contributed by atoms with E-state index >= 15 is 0 Å². The topological polar surface area (TPSA) is 76.7 Å². The van der Waals surface area contributed by atoms with E-state index in [9.17, 15) is 9.59 Å². The van der Waals surface area contributed by atoms with Crippen LogP contribution in [0.2, 0.25) is 0 Å². The average Bonchev–Trinajstić information content (AvgIpc) is 2.68. The van der Waals surface area contributed by atoms with E-state index in [0.717, 1.165) is 5.56 Å². The molecule has 0 amide bonds. The molecule has 7 heteroatoms. The average molecular weight is 382 g/mol. The van der Waals surface area contributed by atoms with E-state index in [1.165, 1.54) is 7.11 Å². The molecule has 0 aliphatic carbocycles. The van der Waals surface area contributed by atoms with Crippen LogP contribution in [0.5, 0.6) is 5.75 Å². The first-order chi connectivity index (χ1) is 13.0. The van der Waals surface area contributed by atoms with Crippen molar-refractivity contribution in [2.75, 3.05) is 7.11 Å². The Morgan fingerprint density at radius 2 is 1.67 bits per heavy atom. The zero-order chi connectivity index (χ0) is 19.4. The molecule has 0 saturated heterocycles. The van der Waals surface area contributed by atoms with Gasteiger partial charge in [-0.3, -0.25) is 0 Å². The third-order valence-electron chi connectivity index (χ3n) is 4.11. The number of ether oxygens (including phenoxy) is 2. The van der Waals surface area contributed by atoms with Crippen molar-refractivity contribution >= 4 is 29.3 Å². The Morgan fingerprint density at radius 1 is 1.00 bits per heavy atom. The van der Waals surface area contributed by atoms with Crippen LogP contribution < -0.4 is 15.4 Å². The van der Waals surface area contributed by atoms with Gasteiger partial charge in [-0.2, -0.15) is 0 Å². The van der Waals surface area contributed by atoms with Gasteiger partial charge < -0.3 is 20.1 Å². The lowest BCUT2D eigenvalue weighted by Crippen LogP contribution is -2.45. The lowest BCUT2D eigenvalue weighted by atomic mass is 9.95. The summed E-state index contributed by atoms with van der Waals surface area (Å²) in [7, 11) is 1.33. The van der Waals surface area contributed by atoms with E-state index in [2.05, 4.69) is 10.6 Å². The molecule has 2 aromatic rings. The number of carbonyl (C=O) groups excluding carboxylic acids is 2. The first-order valence-corrected chi connectivity index (χ1v) is 8.64. The van der Waals surface area contributed by atoms with Crippen LogP contribution in [0.4, 0.5) is 0 Å². The van der Waals surface area contributed by atoms with Crippen LogP contribution in [0, 0.1) is 0 Å². The van der Waals surface area contributed by atoms with Crippen LogP contribution in [-0.2, 0) is 9.53 Å². The van der Waals surface area contributed by atoms with E-state index in [1.54, 1.807) is 55.5 Å². The number of carbonyl (C=O) groups is 2. The van der Waals surface area contributed by atoms with E-state index < -0.39 is 18.0 Å². The normalized spacial score (nSPS) is 16.2. The maximum Gasteiger partial charge on any atom is 0.343 e. The molecule has 0 spiro atoms. The SMILES string of the molecule is COC(=O)C1=C(C)NC(=S)NC1c1ccc(OC(=O)c2ccccc2)cc1. The smallest absolute Gasteiger partial charge is 0.343 e. The standard InChI is InChI=1S/C20H18N2O4S/c1-12-16(19(24)25-2)17(22-20(27)21-12)13-8-10-15(11-9-13)26-18(23)14-6-4-3-5-7-14/h3-11,17H,1-2H3,(H2,21,22,27). The molecule has 1 aliphatic heterocycles. The number of methoxy groups -OCH3 is 1. The minimum atomic E-state index is -0.454. The van der Waals surface area contributed by atoms with E-state index in [1.807, 2.05) is 6.07 Å². The summed E-state index contributed by atoms with van der Waals surface area (Å²) in [5.74, 6) is -0.473. The van der Waals surface area contributed by atoms with Gasteiger partial charge in [0.2, 0.25) is 0 Å². The summed E-state index contributed by atoms with van der Waals surface area (Å²) in [4.78, 5) is 24.3. The fourth-order valence-corrected chi connectivity index (χ4v) is 3.06. The maximum absolute atomic E-state index is 12.2. The number of hydrogen-bond donors (Lipinski definition) is 2. The molecule has 1 heterocycles. The second-order valence-electron chi connectivity index (χ2n) is 5.89. The molecule has 6 nitrogen and oxygen atoms in total. The Kier molecular flexibility index (Phi) is 5.52. The summed E-state index contributed by atoms with van der Waals surface area (Å²) >= 11 is 5.19. The molecule has 0 radical (unpaired) electrons. The van der Waals surface area contributed by atoms with Gasteiger partial charge in [-0.15, -0.1) is 0 Å². The number of thiocarbonyl (C=S) groups is 1. The monoisotopic (exact) mass is 382 g/mol. The van der Waals surface area contributed by atoms with Crippen molar-refractivity contribution in [3.8, 4) is 5.75 Å². The third kappa shape index (κ3) is 4.15. The minimum absolute atomic E-state index is 0.407. The Balaban J connectivity index is 1.82. The minimum Gasteiger partial charge on any atom is -0.466 e. The Morgan fingerprint density at radius 3 is 2.30 bits per heavy atom. The van der Waals surface area contributed by atoms with E-state index in [0.29, 0.717) is 27.7 Å². The number of benzene rings is 2. The van der Waals surface area contributed by atoms with Gasteiger partial charge in [-0.05, 0) is 49.0 Å². The zero-order valence-electron chi connectivity index (χ0n) is 14.8. The van der Waals surface area contributed by atoms with Gasteiger partial charge in [0.25, 0.3) is 0 Å². The van der Waals surface area contributed by atoms with Crippen LogP contribution in [0.3, 0.4) is 0 Å². The van der Waals surface area contributed by atoms with Crippen molar-refractivity contribution in [2.45, 2.75) is 13.0 Å². The highest BCUT2D eigenvalue weighted by Crippen LogP contribution is 2.28. The second kappa shape index (κ2) is 8.01. The molecule has 1 atom stereocenters. The highest BCUT2D eigenvalue weighted by atomic mass is 32.1. The predicted molar refractivity (Wildman–Crippen MR) is 104 cm³/mol. The van der Waals surface area contributed by atoms with Crippen molar-refractivity contribution in [1.82, 2.24) is 10.6 Å². The van der Waals surface area contributed by atoms with Gasteiger partial charge in [0.15, 0.2) is 5.11 Å². The summed E-state index contributed by atoms with van der Waals surface area (Å²) in [6, 6.07) is 15.2. The summed E-state index contributed by atoms with van der Waals surface area (Å²) in [6.07, 6.45) is 0. The third-order valence-corrected chi connectivity index (χ3v) is 4.33. The molecule has 0 aromatic heterocycles. The summed E-state index contributed by atoms with van der Waals surface area (Å²) in [5, 5.41) is 6.42. The van der Waals surface area contributed by atoms with Crippen LogP contribution in [0.25, 0.3) is 0 Å². The van der Waals surface area contributed by atoms with Gasteiger partial charge in [-0.25, -0.2) is 9.59 Å². The molecule has 1 unspecified atom stereocenters. The van der Waals surface area contributed by atoms with Gasteiger partial charge in [-0.1, -0.05) is 30.3 Å². The van der Waals surface area contributed by atoms with Crippen LogP contribution >= 0.6 is 12.2 Å². The molecular weight excluding hydrogens is 364 g/mol. The van der Waals surface area contributed by atoms with Crippen molar-refractivity contribution in [2.24, 2.45) is 0 Å². The lowest BCUT2D eigenvalue weighted by molar-refractivity contribution is -0.136. The molecular formula is C20H18N2O4S. The van der Waals surface area contributed by atoms with Crippen molar-refractivity contribution < 1.29 is 19.1 Å². The number of rotatable bonds is 4. The zero-order valence-corrected chi connectivity index (χ0v) is 15.6. The Hall–Kier alpha value is -3.19. The van der Waals surface area contributed by atoms with E-state index in [-0.39, 0.29) is 0 Å². The number of esters is 2. The Bertz CT molecular complexity index is 907. The highest BCUT2D eigenvalue weighted by molar-refractivity contribution is 7.80. The first kappa shape index (κ1) is 18.6. The lowest BCUT2D eigenvalue weighted by Gasteiger charge is -2.29. The van der Waals surface area contributed by atoms with Gasteiger partial charge >= 0.3 is 11.9 Å². The molecule has 138 valence electrons. The Labute approximate surface area is 162 Å². The quantitative estimate of drug-likeness (QED) is 0.478. The van der Waals surface area contributed by atoms with Crippen LogP contribution in [0.15, 0.2) is 65.9 Å². The largest absolute Gasteiger partial charge is 0.466 e. The van der Waals surface area contributed by atoms with Gasteiger partial charge in [0, 0.05) is 5.70 Å². The fraction of sp³-hybridized carbons (Fsp3) is 0.150. The summed E-state index contributed by atoms with van der Waals surface area (Å²) in [6.45, 7) is 1.77. The highest BCUT2D eigenvalue weighted by Gasteiger charge is 2.30. The fourth-order valence-electron chi connectivity index (χ4n) is 2.79. The second-order valence-corrected chi connectivity index (χ2v) is 6.29. The van der Waals surface area contributed by atoms with Crippen molar-refractivity contribution in [1.29, 1.82) is 0 Å². The van der Waals surface area contributed by atoms with Gasteiger partial charge in [0.1, 0.15) is 5.75 Å². The number of nitrogens with one attached hydrogen (secondary N) is 2. The number of hydrogen-bond acceptors (Lipinski definition) is 5. The predicted octanol–water partition coefficient (Wildman–Crippen LogP) is 2.87. The molecule has 0 fully saturated rings. The molecule has 0 saturated carbocycles. The van der Waals surface area contributed by atoms with Crippen LogP contribution in [-0.4, -0.2) is 24.2 Å². The number of allylic oxidation sites excluding steroid dienone is 1. The van der Waals surface area contributed by atoms with E-state index in [4.69, 9.17) is 21.7 Å². The summed E-state index contributed by atoms with van der Waals surface area (Å²) in [5.41, 5.74) is 2.34. The molecule has 0 bridgehead atoms. The summed E-state index contributed by atoms with van der Waals surface area (Å²) < 4.78 is 10.3. The molecule has 2 N–H and O–H groups in total. The molecule has 2 aromatic carbocycles. The van der Waals surface area contributed by atoms with Crippen molar-refractivity contribution in [3.63, 3.8) is 0 Å². The molecule has 1 aliphatic rings. The van der Waals surface area contributed by atoms with Crippen molar-refractivity contribution in [3.05, 3.63) is 77.0 Å². The van der Waals surface area contributed by atoms with Gasteiger partial charge in [0.05, 0.1) is 24.3 Å². The molecule has 27 heavy (non-hydrogen) atoms. The molecule has 3 rings (SSSR count). The maximum atomic E-state index is 12.2. The first-order valence-electron chi connectivity index (χ1n) is 8.23.